The highest BCUT2D eigenvalue weighted by molar-refractivity contribution is 7.90. The SMILES string of the molecule is CNCC1(C)CCN(c2ccc(S(C)(=O)=O)cc2)C1. The minimum atomic E-state index is -3.10. The summed E-state index contributed by atoms with van der Waals surface area (Å²) in [6.07, 6.45) is 2.39. The lowest BCUT2D eigenvalue weighted by Crippen LogP contribution is -2.33. The van der Waals surface area contributed by atoms with Crippen molar-refractivity contribution < 1.29 is 8.42 Å². The molecule has 1 aliphatic rings. The van der Waals surface area contributed by atoms with Crippen LogP contribution in [0, 0.1) is 5.41 Å². The van der Waals surface area contributed by atoms with Crippen LogP contribution >= 0.6 is 0 Å². The van der Waals surface area contributed by atoms with Crippen molar-refractivity contribution >= 4 is 15.5 Å². The first-order chi connectivity index (χ1) is 8.84. The van der Waals surface area contributed by atoms with Crippen LogP contribution < -0.4 is 10.2 Å². The van der Waals surface area contributed by atoms with Gasteiger partial charge in [0, 0.05) is 31.6 Å². The van der Waals surface area contributed by atoms with Gasteiger partial charge >= 0.3 is 0 Å². The minimum absolute atomic E-state index is 0.296. The van der Waals surface area contributed by atoms with Crippen molar-refractivity contribution in [3.63, 3.8) is 0 Å². The molecule has 1 atom stereocenters. The van der Waals surface area contributed by atoms with Gasteiger partial charge in [0.05, 0.1) is 4.90 Å². The second kappa shape index (κ2) is 5.13. The Morgan fingerprint density at radius 1 is 1.32 bits per heavy atom. The summed E-state index contributed by atoms with van der Waals surface area (Å²) in [6, 6.07) is 7.19. The number of nitrogens with one attached hydrogen (secondary N) is 1. The average Bonchev–Trinajstić information content (AvgIpc) is 2.71. The fourth-order valence-electron chi connectivity index (χ4n) is 2.72. The molecule has 0 amide bonds. The molecule has 1 N–H and O–H groups in total. The van der Waals surface area contributed by atoms with Crippen molar-refractivity contribution in [1.29, 1.82) is 0 Å². The van der Waals surface area contributed by atoms with E-state index in [9.17, 15) is 8.42 Å². The predicted octanol–water partition coefficient (Wildman–Crippen LogP) is 1.53. The van der Waals surface area contributed by atoms with E-state index in [0.29, 0.717) is 10.3 Å². The molecular weight excluding hydrogens is 260 g/mol. The van der Waals surface area contributed by atoms with Crippen molar-refractivity contribution in [2.75, 3.05) is 37.8 Å². The minimum Gasteiger partial charge on any atom is -0.371 e. The second-order valence-electron chi connectivity index (χ2n) is 5.78. The third kappa shape index (κ3) is 3.28. The predicted molar refractivity (Wildman–Crippen MR) is 78.4 cm³/mol. The number of sulfone groups is 1. The number of anilines is 1. The van der Waals surface area contributed by atoms with Crippen LogP contribution in [0.4, 0.5) is 5.69 Å². The fourth-order valence-corrected chi connectivity index (χ4v) is 3.35. The van der Waals surface area contributed by atoms with Crippen LogP contribution in [0.25, 0.3) is 0 Å². The Morgan fingerprint density at radius 3 is 2.47 bits per heavy atom. The van der Waals surface area contributed by atoms with Crippen molar-refractivity contribution in [1.82, 2.24) is 5.32 Å². The second-order valence-corrected chi connectivity index (χ2v) is 7.79. The Balaban J connectivity index is 2.12. The molecule has 106 valence electrons. The van der Waals surface area contributed by atoms with Crippen LogP contribution in [-0.4, -0.2) is 41.4 Å². The molecule has 0 saturated carbocycles. The van der Waals surface area contributed by atoms with E-state index in [1.165, 1.54) is 6.26 Å². The maximum atomic E-state index is 11.4. The van der Waals surface area contributed by atoms with Crippen molar-refractivity contribution in [2.45, 2.75) is 18.2 Å². The van der Waals surface area contributed by atoms with Crippen molar-refractivity contribution in [3.05, 3.63) is 24.3 Å². The van der Waals surface area contributed by atoms with Gasteiger partial charge in [-0.15, -0.1) is 0 Å². The molecule has 19 heavy (non-hydrogen) atoms. The molecule has 0 aliphatic carbocycles. The average molecular weight is 282 g/mol. The Bertz CT molecular complexity index is 539. The molecule has 4 nitrogen and oxygen atoms in total. The molecule has 2 rings (SSSR count). The van der Waals surface area contributed by atoms with Crippen LogP contribution in [0.5, 0.6) is 0 Å². The maximum Gasteiger partial charge on any atom is 0.175 e. The Hall–Kier alpha value is -1.07. The van der Waals surface area contributed by atoms with Crippen LogP contribution in [0.1, 0.15) is 13.3 Å². The molecule has 0 radical (unpaired) electrons. The third-order valence-electron chi connectivity index (χ3n) is 3.79. The fraction of sp³-hybridized carbons (Fsp3) is 0.571. The highest BCUT2D eigenvalue weighted by Crippen LogP contribution is 2.32. The van der Waals surface area contributed by atoms with Crippen LogP contribution in [0.3, 0.4) is 0 Å². The summed E-state index contributed by atoms with van der Waals surface area (Å²) in [6.45, 7) is 5.32. The van der Waals surface area contributed by atoms with E-state index in [1.54, 1.807) is 12.1 Å². The topological polar surface area (TPSA) is 49.4 Å². The quantitative estimate of drug-likeness (QED) is 0.910. The maximum absolute atomic E-state index is 11.4. The summed E-state index contributed by atoms with van der Waals surface area (Å²) < 4.78 is 22.9. The Labute approximate surface area is 115 Å². The molecule has 1 unspecified atom stereocenters. The largest absolute Gasteiger partial charge is 0.371 e. The molecule has 1 heterocycles. The van der Waals surface area contributed by atoms with Gasteiger partial charge in [-0.2, -0.15) is 0 Å². The van der Waals surface area contributed by atoms with E-state index >= 15 is 0 Å². The van der Waals surface area contributed by atoms with Gasteiger partial charge in [-0.1, -0.05) is 6.92 Å². The highest BCUT2D eigenvalue weighted by Gasteiger charge is 2.33. The molecule has 1 aromatic rings. The van der Waals surface area contributed by atoms with Crippen LogP contribution in [0.15, 0.2) is 29.2 Å². The first-order valence-corrected chi connectivity index (χ1v) is 8.43. The molecule has 1 saturated heterocycles. The lowest BCUT2D eigenvalue weighted by atomic mass is 9.90. The lowest BCUT2D eigenvalue weighted by molar-refractivity contribution is 0.356. The molecule has 1 fully saturated rings. The highest BCUT2D eigenvalue weighted by atomic mass is 32.2. The van der Waals surface area contributed by atoms with E-state index in [2.05, 4.69) is 17.1 Å². The lowest BCUT2D eigenvalue weighted by Gasteiger charge is -2.25. The van der Waals surface area contributed by atoms with Gasteiger partial charge in [0.1, 0.15) is 0 Å². The third-order valence-corrected chi connectivity index (χ3v) is 4.92. The van der Waals surface area contributed by atoms with Gasteiger partial charge in [0.2, 0.25) is 0 Å². The number of rotatable bonds is 4. The zero-order valence-corrected chi connectivity index (χ0v) is 12.6. The number of hydrogen-bond acceptors (Lipinski definition) is 4. The molecular formula is C14H22N2O2S. The summed E-state index contributed by atoms with van der Waals surface area (Å²) in [5.74, 6) is 0. The first-order valence-electron chi connectivity index (χ1n) is 6.54. The molecule has 1 aromatic carbocycles. The molecule has 0 aromatic heterocycles. The van der Waals surface area contributed by atoms with E-state index < -0.39 is 9.84 Å². The number of nitrogens with zero attached hydrogens (tertiary/aromatic N) is 1. The van der Waals surface area contributed by atoms with Gasteiger partial charge in [0.25, 0.3) is 0 Å². The monoisotopic (exact) mass is 282 g/mol. The van der Waals surface area contributed by atoms with Gasteiger partial charge < -0.3 is 10.2 Å². The van der Waals surface area contributed by atoms with Crippen molar-refractivity contribution in [2.24, 2.45) is 5.41 Å². The van der Waals surface area contributed by atoms with E-state index in [-0.39, 0.29) is 0 Å². The van der Waals surface area contributed by atoms with E-state index in [0.717, 1.165) is 31.7 Å². The summed E-state index contributed by atoms with van der Waals surface area (Å²) >= 11 is 0. The molecule has 1 aliphatic heterocycles. The molecule has 0 bridgehead atoms. The first kappa shape index (κ1) is 14.3. The van der Waals surface area contributed by atoms with Gasteiger partial charge in [0.15, 0.2) is 9.84 Å². The standard InChI is InChI=1S/C14H22N2O2S/c1-14(10-15-2)8-9-16(11-14)12-4-6-13(7-5-12)19(3,17)18/h4-7,15H,8-11H2,1-3H3. The van der Waals surface area contributed by atoms with E-state index in [1.807, 2.05) is 19.2 Å². The smallest absolute Gasteiger partial charge is 0.175 e. The van der Waals surface area contributed by atoms with Crippen LogP contribution in [-0.2, 0) is 9.84 Å². The summed E-state index contributed by atoms with van der Waals surface area (Å²) in [4.78, 5) is 2.71. The zero-order chi connectivity index (χ0) is 14.1. The van der Waals surface area contributed by atoms with Crippen LogP contribution in [0.2, 0.25) is 0 Å². The normalized spacial score (nSPS) is 23.8. The molecule has 5 heteroatoms. The Kier molecular flexibility index (Phi) is 3.87. The molecule has 0 spiro atoms. The Morgan fingerprint density at radius 2 is 1.95 bits per heavy atom. The summed E-state index contributed by atoms with van der Waals surface area (Å²) in [7, 11) is -1.12. The van der Waals surface area contributed by atoms with Gasteiger partial charge in [-0.3, -0.25) is 0 Å². The zero-order valence-electron chi connectivity index (χ0n) is 11.8. The van der Waals surface area contributed by atoms with Crippen molar-refractivity contribution in [3.8, 4) is 0 Å². The van der Waals surface area contributed by atoms with E-state index in [4.69, 9.17) is 0 Å². The number of benzene rings is 1. The van der Waals surface area contributed by atoms with Gasteiger partial charge in [-0.05, 0) is 43.1 Å². The summed E-state index contributed by atoms with van der Waals surface area (Å²) in [5.41, 5.74) is 1.40. The van der Waals surface area contributed by atoms with Gasteiger partial charge in [-0.25, -0.2) is 8.42 Å². The summed E-state index contributed by atoms with van der Waals surface area (Å²) in [5, 5.41) is 3.25. The number of hydrogen-bond donors (Lipinski definition) is 1.